The number of nitrogens with one attached hydrogen (secondary N) is 3. The summed E-state index contributed by atoms with van der Waals surface area (Å²) < 4.78 is 0. The summed E-state index contributed by atoms with van der Waals surface area (Å²) in [6.45, 7) is 3.66. The molecule has 0 aliphatic carbocycles. The van der Waals surface area contributed by atoms with Crippen LogP contribution in [-0.4, -0.2) is 76.6 Å². The van der Waals surface area contributed by atoms with Gasteiger partial charge >= 0.3 is 5.97 Å². The molecule has 5 unspecified atom stereocenters. The number of carboxylic acids is 1. The first-order valence-corrected chi connectivity index (χ1v) is 12.3. The number of thiol groups is 1. The van der Waals surface area contributed by atoms with Gasteiger partial charge in [0, 0.05) is 12.2 Å². The first-order chi connectivity index (χ1) is 15.0. The van der Waals surface area contributed by atoms with Crippen LogP contribution in [0.1, 0.15) is 39.5 Å². The summed E-state index contributed by atoms with van der Waals surface area (Å²) >= 11 is 5.50. The fourth-order valence-corrected chi connectivity index (χ4v) is 3.30. The number of carbonyl (C=O) groups excluding carboxylic acids is 4. The normalized spacial score (nSPS) is 15.5. The third kappa shape index (κ3) is 11.0. The number of thioether (sulfide) groups is 1. The van der Waals surface area contributed by atoms with Crippen LogP contribution in [-0.2, 0) is 24.0 Å². The molecule has 0 radical (unpaired) electrons. The van der Waals surface area contributed by atoms with Crippen molar-refractivity contribution in [2.45, 2.75) is 63.7 Å². The van der Waals surface area contributed by atoms with Crippen LogP contribution >= 0.6 is 24.4 Å². The highest BCUT2D eigenvalue weighted by Gasteiger charge is 2.30. The van der Waals surface area contributed by atoms with Gasteiger partial charge in [0.25, 0.3) is 0 Å². The van der Waals surface area contributed by atoms with Crippen molar-refractivity contribution in [3.05, 3.63) is 0 Å². The minimum Gasteiger partial charge on any atom is -0.480 e. The van der Waals surface area contributed by atoms with Crippen LogP contribution < -0.4 is 27.4 Å². The SMILES string of the molecule is CCC(C)C(N)C(=O)NC(CCC(N)=O)C(=O)NC(CS)C(=O)NC(CCSC)C(=O)O. The van der Waals surface area contributed by atoms with Gasteiger partial charge in [0.1, 0.15) is 18.1 Å². The van der Waals surface area contributed by atoms with E-state index in [1.165, 1.54) is 11.8 Å². The zero-order valence-corrected chi connectivity index (χ0v) is 20.3. The van der Waals surface area contributed by atoms with Crippen molar-refractivity contribution in [1.29, 1.82) is 0 Å². The second-order valence-electron chi connectivity index (χ2n) is 7.40. The van der Waals surface area contributed by atoms with E-state index in [4.69, 9.17) is 11.5 Å². The maximum absolute atomic E-state index is 12.8. The molecule has 0 rings (SSSR count). The van der Waals surface area contributed by atoms with Gasteiger partial charge in [0.2, 0.25) is 23.6 Å². The molecule has 0 saturated heterocycles. The van der Waals surface area contributed by atoms with Crippen molar-refractivity contribution in [1.82, 2.24) is 16.0 Å². The molecule has 0 bridgehead atoms. The molecule has 0 aromatic heterocycles. The number of hydrogen-bond acceptors (Lipinski definition) is 8. The Morgan fingerprint density at radius 1 is 0.969 bits per heavy atom. The number of primary amides is 1. The molecule has 0 aliphatic heterocycles. The molecule has 0 heterocycles. The van der Waals surface area contributed by atoms with Gasteiger partial charge in [-0.3, -0.25) is 19.2 Å². The summed E-state index contributed by atoms with van der Waals surface area (Å²) in [6.07, 6.45) is 2.40. The fraction of sp³-hybridized carbons (Fsp3) is 0.737. The lowest BCUT2D eigenvalue weighted by atomic mass is 9.98. The van der Waals surface area contributed by atoms with Crippen LogP contribution in [0, 0.1) is 5.92 Å². The second-order valence-corrected chi connectivity index (χ2v) is 8.75. The van der Waals surface area contributed by atoms with Gasteiger partial charge in [-0.25, -0.2) is 4.79 Å². The van der Waals surface area contributed by atoms with Gasteiger partial charge in [0.15, 0.2) is 0 Å². The van der Waals surface area contributed by atoms with Crippen LogP contribution in [0.4, 0.5) is 0 Å². The molecule has 5 atom stereocenters. The zero-order chi connectivity index (χ0) is 24.8. The maximum atomic E-state index is 12.8. The van der Waals surface area contributed by atoms with Gasteiger partial charge < -0.3 is 32.5 Å². The van der Waals surface area contributed by atoms with Crippen LogP contribution in [0.5, 0.6) is 0 Å². The first kappa shape index (κ1) is 30.0. The Hall–Kier alpha value is -1.99. The Kier molecular flexibility index (Phi) is 14.8. The molecular weight excluding hydrogens is 458 g/mol. The van der Waals surface area contributed by atoms with Crippen molar-refractivity contribution in [2.75, 3.05) is 17.8 Å². The third-order valence-electron chi connectivity index (χ3n) is 4.91. The standard InChI is InChI=1S/C19H35N5O6S2/c1-4-10(2)15(21)18(28)22-11(5-6-14(20)25)16(26)24-13(9-31)17(27)23-12(19(29)30)7-8-32-3/h10-13,15,31H,4-9,21H2,1-3H3,(H2,20,25)(H,22,28)(H,23,27)(H,24,26)(H,29,30). The molecule has 0 spiro atoms. The Labute approximate surface area is 198 Å². The summed E-state index contributed by atoms with van der Waals surface area (Å²) in [6, 6.07) is -4.29. The van der Waals surface area contributed by atoms with E-state index in [1.54, 1.807) is 6.92 Å². The molecule has 0 fully saturated rings. The highest BCUT2D eigenvalue weighted by molar-refractivity contribution is 7.98. The van der Waals surface area contributed by atoms with Gasteiger partial charge in [-0.1, -0.05) is 20.3 Å². The van der Waals surface area contributed by atoms with Crippen molar-refractivity contribution >= 4 is 54.0 Å². The number of aliphatic carboxylic acids is 1. The number of nitrogens with two attached hydrogens (primary N) is 2. The zero-order valence-electron chi connectivity index (χ0n) is 18.6. The highest BCUT2D eigenvalue weighted by atomic mass is 32.2. The third-order valence-corrected chi connectivity index (χ3v) is 5.92. The van der Waals surface area contributed by atoms with Crippen molar-refractivity contribution < 1.29 is 29.1 Å². The van der Waals surface area contributed by atoms with Gasteiger partial charge in [-0.05, 0) is 30.8 Å². The van der Waals surface area contributed by atoms with E-state index in [1.807, 2.05) is 13.2 Å². The molecule has 184 valence electrons. The van der Waals surface area contributed by atoms with Crippen LogP contribution in [0.2, 0.25) is 0 Å². The quantitative estimate of drug-likeness (QED) is 0.131. The second kappa shape index (κ2) is 15.8. The van der Waals surface area contributed by atoms with E-state index in [0.717, 1.165) is 0 Å². The molecule has 8 N–H and O–H groups in total. The average Bonchev–Trinajstić information content (AvgIpc) is 2.75. The molecular formula is C19H35N5O6S2. The highest BCUT2D eigenvalue weighted by Crippen LogP contribution is 2.07. The maximum Gasteiger partial charge on any atom is 0.326 e. The number of rotatable bonds is 16. The van der Waals surface area contributed by atoms with E-state index in [-0.39, 0.29) is 30.9 Å². The van der Waals surface area contributed by atoms with Gasteiger partial charge in [0.05, 0.1) is 6.04 Å². The molecule has 0 aromatic rings. The molecule has 0 aromatic carbocycles. The number of carboxylic acid groups (broad SMARTS) is 1. The average molecular weight is 494 g/mol. The number of hydrogen-bond donors (Lipinski definition) is 7. The van der Waals surface area contributed by atoms with E-state index < -0.39 is 53.8 Å². The minimum atomic E-state index is -1.19. The molecule has 11 nitrogen and oxygen atoms in total. The van der Waals surface area contributed by atoms with E-state index in [9.17, 15) is 29.1 Å². The Bertz CT molecular complexity index is 666. The Morgan fingerprint density at radius 2 is 1.50 bits per heavy atom. The summed E-state index contributed by atoms with van der Waals surface area (Å²) in [5.41, 5.74) is 11.1. The molecule has 32 heavy (non-hydrogen) atoms. The van der Waals surface area contributed by atoms with Crippen molar-refractivity contribution in [3.63, 3.8) is 0 Å². The minimum absolute atomic E-state index is 0.0908. The summed E-state index contributed by atoms with van der Waals surface area (Å²) in [4.78, 5) is 60.2. The number of carbonyl (C=O) groups is 5. The predicted molar refractivity (Wildman–Crippen MR) is 126 cm³/mol. The van der Waals surface area contributed by atoms with E-state index in [0.29, 0.717) is 12.2 Å². The van der Waals surface area contributed by atoms with Crippen LogP contribution in [0.15, 0.2) is 0 Å². The van der Waals surface area contributed by atoms with Gasteiger partial charge in [-0.15, -0.1) is 0 Å². The predicted octanol–water partition coefficient (Wildman–Crippen LogP) is -1.15. The monoisotopic (exact) mass is 493 g/mol. The largest absolute Gasteiger partial charge is 0.480 e. The summed E-state index contributed by atoms with van der Waals surface area (Å²) in [5.74, 6) is -3.62. The summed E-state index contributed by atoms with van der Waals surface area (Å²) in [5, 5.41) is 16.6. The van der Waals surface area contributed by atoms with Crippen LogP contribution in [0.25, 0.3) is 0 Å². The lowest BCUT2D eigenvalue weighted by Gasteiger charge is -2.25. The summed E-state index contributed by atoms with van der Waals surface area (Å²) in [7, 11) is 0. The first-order valence-electron chi connectivity index (χ1n) is 10.3. The van der Waals surface area contributed by atoms with E-state index in [2.05, 4.69) is 28.6 Å². The molecule has 4 amide bonds. The Morgan fingerprint density at radius 3 is 1.97 bits per heavy atom. The molecule has 0 saturated carbocycles. The molecule has 13 heteroatoms. The molecule has 0 aliphatic rings. The topological polar surface area (TPSA) is 194 Å². The Balaban J connectivity index is 5.30. The smallest absolute Gasteiger partial charge is 0.326 e. The van der Waals surface area contributed by atoms with Crippen molar-refractivity contribution in [3.8, 4) is 0 Å². The van der Waals surface area contributed by atoms with E-state index >= 15 is 0 Å². The van der Waals surface area contributed by atoms with Crippen molar-refractivity contribution in [2.24, 2.45) is 17.4 Å². The lowest BCUT2D eigenvalue weighted by molar-refractivity contribution is -0.142. The van der Waals surface area contributed by atoms with Crippen LogP contribution in [0.3, 0.4) is 0 Å². The fourth-order valence-electron chi connectivity index (χ4n) is 2.57. The lowest BCUT2D eigenvalue weighted by Crippen LogP contribution is -2.58. The van der Waals surface area contributed by atoms with Gasteiger partial charge in [-0.2, -0.15) is 24.4 Å². The number of amides is 4.